The average Bonchev–Trinajstić information content (AvgIpc) is 3.03. The number of nitrogens with one attached hydrogen (secondary N) is 1. The molecule has 2 aliphatic rings. The van der Waals surface area contributed by atoms with E-state index < -0.39 is 10.0 Å². The van der Waals surface area contributed by atoms with Gasteiger partial charge in [0.05, 0.1) is 11.4 Å². The number of carbonyl (C=O) groups is 1. The minimum atomic E-state index is -3.70. The molecule has 1 aromatic carbocycles. The molecule has 3 rings (SSSR count). The highest BCUT2D eigenvalue weighted by atomic mass is 32.2. The van der Waals surface area contributed by atoms with Crippen molar-refractivity contribution in [3.8, 4) is 0 Å². The zero-order valence-electron chi connectivity index (χ0n) is 13.8. The molecule has 1 N–H and O–H groups in total. The third kappa shape index (κ3) is 3.48. The van der Waals surface area contributed by atoms with Gasteiger partial charge >= 0.3 is 0 Å². The lowest BCUT2D eigenvalue weighted by Crippen LogP contribution is -2.45. The van der Waals surface area contributed by atoms with E-state index >= 15 is 0 Å². The second kappa shape index (κ2) is 7.21. The predicted molar refractivity (Wildman–Crippen MR) is 89.8 cm³/mol. The Morgan fingerprint density at radius 3 is 2.62 bits per heavy atom. The smallest absolute Gasteiger partial charge is 0.243 e. The van der Waals surface area contributed by atoms with Crippen molar-refractivity contribution in [3.63, 3.8) is 0 Å². The average molecular weight is 352 g/mol. The van der Waals surface area contributed by atoms with Crippen molar-refractivity contribution in [2.45, 2.75) is 30.2 Å². The van der Waals surface area contributed by atoms with E-state index in [0.29, 0.717) is 18.4 Å². The van der Waals surface area contributed by atoms with E-state index in [-0.39, 0.29) is 23.4 Å². The Morgan fingerprint density at radius 2 is 1.96 bits per heavy atom. The third-order valence-electron chi connectivity index (χ3n) is 5.12. The Hall–Kier alpha value is -1.44. The van der Waals surface area contributed by atoms with Gasteiger partial charge in [-0.3, -0.25) is 4.79 Å². The molecule has 1 aromatic rings. The normalized spacial score (nSPS) is 27.0. The molecule has 0 bridgehead atoms. The first-order valence-corrected chi connectivity index (χ1v) is 9.81. The zero-order chi connectivity index (χ0) is 17.2. The molecule has 0 aromatic heterocycles. The summed E-state index contributed by atoms with van der Waals surface area (Å²) in [6.45, 7) is 1.30. The molecule has 1 amide bonds. The van der Waals surface area contributed by atoms with E-state index in [1.165, 1.54) is 11.4 Å². The molecule has 0 unspecified atom stereocenters. The lowest BCUT2D eigenvalue weighted by Gasteiger charge is -2.27. The van der Waals surface area contributed by atoms with E-state index in [9.17, 15) is 13.2 Å². The Balaban J connectivity index is 1.88. The van der Waals surface area contributed by atoms with Gasteiger partial charge in [0.25, 0.3) is 0 Å². The van der Waals surface area contributed by atoms with E-state index in [4.69, 9.17) is 4.74 Å². The van der Waals surface area contributed by atoms with Crippen molar-refractivity contribution in [1.29, 1.82) is 0 Å². The highest BCUT2D eigenvalue weighted by Crippen LogP contribution is 2.40. The van der Waals surface area contributed by atoms with Crippen LogP contribution >= 0.6 is 0 Å². The molecule has 0 spiro atoms. The first kappa shape index (κ1) is 17.4. The molecule has 24 heavy (non-hydrogen) atoms. The maximum absolute atomic E-state index is 13.1. The fraction of sp³-hybridized carbons (Fsp3) is 0.588. The van der Waals surface area contributed by atoms with Gasteiger partial charge in [-0.1, -0.05) is 18.2 Å². The van der Waals surface area contributed by atoms with Crippen molar-refractivity contribution in [1.82, 2.24) is 9.62 Å². The Kier molecular flexibility index (Phi) is 5.22. The summed E-state index contributed by atoms with van der Waals surface area (Å²) >= 11 is 0. The van der Waals surface area contributed by atoms with Crippen LogP contribution in [0.2, 0.25) is 0 Å². The zero-order valence-corrected chi connectivity index (χ0v) is 14.7. The van der Waals surface area contributed by atoms with Crippen LogP contribution in [0.1, 0.15) is 19.3 Å². The second-order valence-corrected chi connectivity index (χ2v) is 8.44. The van der Waals surface area contributed by atoms with Crippen LogP contribution in [0.25, 0.3) is 0 Å². The number of hydrogen-bond acceptors (Lipinski definition) is 4. The van der Waals surface area contributed by atoms with Crippen LogP contribution in [-0.2, 0) is 19.6 Å². The molecule has 2 fully saturated rings. The molecular weight excluding hydrogens is 328 g/mol. The molecule has 6 nitrogen and oxygen atoms in total. The Bertz CT molecular complexity index is 663. The topological polar surface area (TPSA) is 75.7 Å². The van der Waals surface area contributed by atoms with Gasteiger partial charge in [0.15, 0.2) is 0 Å². The molecule has 0 radical (unpaired) electrons. The predicted octanol–water partition coefficient (Wildman–Crippen LogP) is 1.24. The molecule has 7 heteroatoms. The van der Waals surface area contributed by atoms with Crippen LogP contribution in [0.3, 0.4) is 0 Å². The number of ether oxygens (including phenoxy) is 1. The molecule has 132 valence electrons. The summed E-state index contributed by atoms with van der Waals surface area (Å²) in [6.07, 6.45) is 2.53. The summed E-state index contributed by atoms with van der Waals surface area (Å²) in [5.41, 5.74) is 0. The molecule has 3 atom stereocenters. The maximum atomic E-state index is 13.1. The summed E-state index contributed by atoms with van der Waals surface area (Å²) in [6, 6.07) is 8.20. The summed E-state index contributed by atoms with van der Waals surface area (Å²) in [5.74, 6) is 0.587. The van der Waals surface area contributed by atoms with Crippen LogP contribution < -0.4 is 5.32 Å². The number of amides is 1. The van der Waals surface area contributed by atoms with Crippen LogP contribution in [0.5, 0.6) is 0 Å². The largest absolute Gasteiger partial charge is 0.381 e. The van der Waals surface area contributed by atoms with Gasteiger partial charge in [0.1, 0.15) is 0 Å². The maximum Gasteiger partial charge on any atom is 0.243 e. The third-order valence-corrected chi connectivity index (χ3v) is 7.03. The first-order chi connectivity index (χ1) is 11.5. The van der Waals surface area contributed by atoms with Gasteiger partial charge in [-0.2, -0.15) is 4.31 Å². The minimum Gasteiger partial charge on any atom is -0.381 e. The van der Waals surface area contributed by atoms with Gasteiger partial charge in [-0.05, 0) is 43.2 Å². The summed E-state index contributed by atoms with van der Waals surface area (Å²) in [4.78, 5) is 12.2. The number of nitrogens with zero attached hydrogens (tertiary/aromatic N) is 1. The Morgan fingerprint density at radius 1 is 1.25 bits per heavy atom. The Labute approximate surface area is 143 Å². The SMILES string of the molecule is CNC(=O)CN([C@H]1C[C@H]2CCOC[C@H]2C1)S(=O)(=O)c1ccccc1. The lowest BCUT2D eigenvalue weighted by molar-refractivity contribution is -0.121. The lowest BCUT2D eigenvalue weighted by atomic mass is 9.92. The number of carbonyl (C=O) groups excluding carboxylic acids is 1. The standard InChI is InChI=1S/C17H24N2O4S/c1-18-17(20)11-19(24(21,22)16-5-3-2-4-6-16)15-9-13-7-8-23-12-14(13)10-15/h2-6,13-15H,7-12H2,1H3,(H,18,20)/t13-,14-,15+/m1/s1. The van der Waals surface area contributed by atoms with Crippen molar-refractivity contribution in [2.24, 2.45) is 11.8 Å². The van der Waals surface area contributed by atoms with Gasteiger partial charge in [0.2, 0.25) is 15.9 Å². The molecule has 1 saturated carbocycles. The quantitative estimate of drug-likeness (QED) is 0.865. The van der Waals surface area contributed by atoms with Crippen molar-refractivity contribution < 1.29 is 17.9 Å². The summed E-state index contributed by atoms with van der Waals surface area (Å²) in [5, 5.41) is 2.54. The van der Waals surface area contributed by atoms with Crippen molar-refractivity contribution in [2.75, 3.05) is 26.8 Å². The van der Waals surface area contributed by atoms with Gasteiger partial charge in [-0.15, -0.1) is 0 Å². The minimum absolute atomic E-state index is 0.140. The van der Waals surface area contributed by atoms with Gasteiger partial charge in [0, 0.05) is 26.3 Å². The molecule has 1 aliphatic heterocycles. The van der Waals surface area contributed by atoms with Crippen molar-refractivity contribution >= 4 is 15.9 Å². The number of rotatable bonds is 5. The van der Waals surface area contributed by atoms with Gasteiger partial charge in [-0.25, -0.2) is 8.42 Å². The van der Waals surface area contributed by atoms with Crippen LogP contribution in [0.15, 0.2) is 35.2 Å². The van der Waals surface area contributed by atoms with Crippen molar-refractivity contribution in [3.05, 3.63) is 30.3 Å². The van der Waals surface area contributed by atoms with E-state index in [2.05, 4.69) is 5.32 Å². The molecular formula is C17H24N2O4S. The van der Waals surface area contributed by atoms with E-state index in [0.717, 1.165) is 25.9 Å². The highest BCUT2D eigenvalue weighted by Gasteiger charge is 2.43. The second-order valence-electron chi connectivity index (χ2n) is 6.55. The molecule has 1 heterocycles. The number of benzene rings is 1. The number of hydrogen-bond donors (Lipinski definition) is 1. The highest BCUT2D eigenvalue weighted by molar-refractivity contribution is 7.89. The van der Waals surface area contributed by atoms with E-state index in [1.807, 2.05) is 0 Å². The van der Waals surface area contributed by atoms with Crippen LogP contribution in [0.4, 0.5) is 0 Å². The van der Waals surface area contributed by atoms with E-state index in [1.54, 1.807) is 30.3 Å². The fourth-order valence-corrected chi connectivity index (χ4v) is 5.42. The van der Waals surface area contributed by atoms with Crippen LogP contribution in [0, 0.1) is 11.8 Å². The molecule has 1 aliphatic carbocycles. The number of likely N-dealkylation sites (N-methyl/N-ethyl adjacent to an activating group) is 1. The number of fused-ring (bicyclic) bond motifs is 1. The first-order valence-electron chi connectivity index (χ1n) is 8.37. The summed E-state index contributed by atoms with van der Waals surface area (Å²) < 4.78 is 33.1. The summed E-state index contributed by atoms with van der Waals surface area (Å²) in [7, 11) is -2.18. The fourth-order valence-electron chi connectivity index (χ4n) is 3.80. The van der Waals surface area contributed by atoms with Crippen LogP contribution in [-0.4, -0.2) is 51.5 Å². The molecule has 1 saturated heterocycles. The monoisotopic (exact) mass is 352 g/mol. The number of sulfonamides is 1. The van der Waals surface area contributed by atoms with Gasteiger partial charge < -0.3 is 10.1 Å².